The van der Waals surface area contributed by atoms with Gasteiger partial charge in [-0.25, -0.2) is 9.97 Å². The van der Waals surface area contributed by atoms with Gasteiger partial charge in [-0.3, -0.25) is 0 Å². The van der Waals surface area contributed by atoms with Crippen LogP contribution in [0.15, 0.2) is 24.4 Å². The van der Waals surface area contributed by atoms with E-state index in [2.05, 4.69) is 40.8 Å². The summed E-state index contributed by atoms with van der Waals surface area (Å²) >= 11 is 0. The highest BCUT2D eigenvalue weighted by molar-refractivity contribution is 5.79. The van der Waals surface area contributed by atoms with Crippen LogP contribution >= 0.6 is 0 Å². The first kappa shape index (κ1) is 12.2. The molecule has 100 valence electrons. The first-order valence-electron chi connectivity index (χ1n) is 6.80. The van der Waals surface area contributed by atoms with Gasteiger partial charge >= 0.3 is 0 Å². The summed E-state index contributed by atoms with van der Waals surface area (Å²) in [7, 11) is 0. The Balaban J connectivity index is 1.92. The summed E-state index contributed by atoms with van der Waals surface area (Å²) in [5, 5.41) is 9.33. The van der Waals surface area contributed by atoms with E-state index < -0.39 is 0 Å². The van der Waals surface area contributed by atoms with Crippen LogP contribution in [0.4, 0.5) is 5.69 Å². The molecule has 3 rings (SSSR count). The lowest BCUT2D eigenvalue weighted by Gasteiger charge is -2.24. The molecule has 0 spiro atoms. The molecule has 0 unspecified atom stereocenters. The van der Waals surface area contributed by atoms with Crippen molar-refractivity contribution in [1.82, 2.24) is 9.97 Å². The minimum absolute atomic E-state index is 0.0278. The SMILES string of the molecule is CC[C@]1(C)CCN(c2ccc3nc(O)cnc3c2)C1. The van der Waals surface area contributed by atoms with Crippen molar-refractivity contribution in [3.05, 3.63) is 24.4 Å². The van der Waals surface area contributed by atoms with Crippen LogP contribution in [0.2, 0.25) is 0 Å². The van der Waals surface area contributed by atoms with Crippen LogP contribution < -0.4 is 4.90 Å². The number of hydrogen-bond acceptors (Lipinski definition) is 4. The average Bonchev–Trinajstić information content (AvgIpc) is 2.82. The van der Waals surface area contributed by atoms with Gasteiger partial charge in [0.25, 0.3) is 0 Å². The summed E-state index contributed by atoms with van der Waals surface area (Å²) in [5.41, 5.74) is 3.20. The van der Waals surface area contributed by atoms with Crippen LogP contribution in [0.25, 0.3) is 11.0 Å². The fourth-order valence-electron chi connectivity index (χ4n) is 2.72. The standard InChI is InChI=1S/C15H19N3O/c1-3-15(2)6-7-18(10-15)11-4-5-12-13(8-11)16-9-14(19)17-12/h4-5,8-9H,3,6-7,10H2,1-2H3,(H,17,19)/t15-/m1/s1. The molecule has 0 aliphatic carbocycles. The van der Waals surface area contributed by atoms with Gasteiger partial charge in [0.05, 0.1) is 17.2 Å². The molecule has 2 aromatic rings. The molecule has 4 nitrogen and oxygen atoms in total. The second-order valence-electron chi connectivity index (χ2n) is 5.74. The Kier molecular flexibility index (Phi) is 2.81. The molecule has 0 saturated carbocycles. The van der Waals surface area contributed by atoms with Crippen molar-refractivity contribution in [2.45, 2.75) is 26.7 Å². The monoisotopic (exact) mass is 257 g/mol. The highest BCUT2D eigenvalue weighted by atomic mass is 16.3. The van der Waals surface area contributed by atoms with E-state index in [4.69, 9.17) is 0 Å². The van der Waals surface area contributed by atoms with E-state index in [0.29, 0.717) is 5.41 Å². The Morgan fingerprint density at radius 2 is 2.21 bits per heavy atom. The van der Waals surface area contributed by atoms with E-state index in [0.717, 1.165) is 24.1 Å². The number of hydrogen-bond donors (Lipinski definition) is 1. The molecular weight excluding hydrogens is 238 g/mol. The van der Waals surface area contributed by atoms with Gasteiger partial charge in [-0.1, -0.05) is 13.8 Å². The number of benzene rings is 1. The maximum atomic E-state index is 9.33. The van der Waals surface area contributed by atoms with Gasteiger partial charge < -0.3 is 10.0 Å². The second kappa shape index (κ2) is 4.37. The van der Waals surface area contributed by atoms with Gasteiger partial charge in [-0.05, 0) is 36.5 Å². The molecule has 1 aromatic heterocycles. The minimum atomic E-state index is -0.0278. The van der Waals surface area contributed by atoms with Gasteiger partial charge in [0, 0.05) is 18.8 Å². The third-order valence-corrected chi connectivity index (χ3v) is 4.29. The zero-order valence-electron chi connectivity index (χ0n) is 11.4. The Morgan fingerprint density at radius 1 is 1.37 bits per heavy atom. The number of rotatable bonds is 2. The van der Waals surface area contributed by atoms with E-state index in [-0.39, 0.29) is 5.88 Å². The number of fused-ring (bicyclic) bond motifs is 1. The molecule has 1 atom stereocenters. The van der Waals surface area contributed by atoms with Crippen LogP contribution in [-0.2, 0) is 0 Å². The predicted molar refractivity (Wildman–Crippen MR) is 76.4 cm³/mol. The van der Waals surface area contributed by atoms with Crippen LogP contribution in [0.5, 0.6) is 5.88 Å². The molecule has 19 heavy (non-hydrogen) atoms. The molecular formula is C15H19N3O. The maximum Gasteiger partial charge on any atom is 0.230 e. The highest BCUT2D eigenvalue weighted by Crippen LogP contribution is 2.36. The molecule has 1 aromatic carbocycles. The summed E-state index contributed by atoms with van der Waals surface area (Å²) in [6, 6.07) is 6.06. The van der Waals surface area contributed by atoms with Gasteiger partial charge in [-0.15, -0.1) is 0 Å². The zero-order chi connectivity index (χ0) is 13.5. The molecule has 0 bridgehead atoms. The van der Waals surface area contributed by atoms with Crippen molar-refractivity contribution in [3.8, 4) is 5.88 Å². The lowest BCUT2D eigenvalue weighted by Crippen LogP contribution is -2.24. The quantitative estimate of drug-likeness (QED) is 0.898. The largest absolute Gasteiger partial charge is 0.492 e. The molecule has 2 heterocycles. The van der Waals surface area contributed by atoms with Crippen molar-refractivity contribution < 1.29 is 5.11 Å². The zero-order valence-corrected chi connectivity index (χ0v) is 11.4. The Labute approximate surface area is 113 Å². The number of aromatic nitrogens is 2. The molecule has 1 N–H and O–H groups in total. The second-order valence-corrected chi connectivity index (χ2v) is 5.74. The lowest BCUT2D eigenvalue weighted by atomic mass is 9.87. The summed E-state index contributed by atoms with van der Waals surface area (Å²) in [6.07, 6.45) is 3.85. The Hall–Kier alpha value is -1.84. The van der Waals surface area contributed by atoms with Crippen molar-refractivity contribution in [1.29, 1.82) is 0 Å². The first-order chi connectivity index (χ1) is 9.09. The van der Waals surface area contributed by atoms with Gasteiger partial charge in [0.15, 0.2) is 0 Å². The van der Waals surface area contributed by atoms with Crippen molar-refractivity contribution in [3.63, 3.8) is 0 Å². The minimum Gasteiger partial charge on any atom is -0.492 e. The molecule has 1 fully saturated rings. The average molecular weight is 257 g/mol. The van der Waals surface area contributed by atoms with Gasteiger partial charge in [-0.2, -0.15) is 0 Å². The van der Waals surface area contributed by atoms with E-state index in [9.17, 15) is 5.11 Å². The van der Waals surface area contributed by atoms with E-state index in [1.807, 2.05) is 6.07 Å². The summed E-state index contributed by atoms with van der Waals surface area (Å²) in [4.78, 5) is 10.7. The number of nitrogens with zero attached hydrogens (tertiary/aromatic N) is 3. The molecule has 1 aliphatic rings. The molecule has 4 heteroatoms. The number of anilines is 1. The summed E-state index contributed by atoms with van der Waals surface area (Å²) in [6.45, 7) is 6.81. The van der Waals surface area contributed by atoms with Crippen LogP contribution in [0.1, 0.15) is 26.7 Å². The molecule has 1 saturated heterocycles. The van der Waals surface area contributed by atoms with Crippen LogP contribution in [0, 0.1) is 5.41 Å². The topological polar surface area (TPSA) is 49.2 Å². The molecule has 0 radical (unpaired) electrons. The Bertz CT molecular complexity index is 613. The van der Waals surface area contributed by atoms with E-state index in [1.165, 1.54) is 24.7 Å². The maximum absolute atomic E-state index is 9.33. The van der Waals surface area contributed by atoms with Crippen molar-refractivity contribution >= 4 is 16.7 Å². The Morgan fingerprint density at radius 3 is 2.95 bits per heavy atom. The smallest absolute Gasteiger partial charge is 0.230 e. The van der Waals surface area contributed by atoms with Crippen LogP contribution in [-0.4, -0.2) is 28.2 Å². The normalized spacial score (nSPS) is 23.2. The third-order valence-electron chi connectivity index (χ3n) is 4.29. The van der Waals surface area contributed by atoms with Crippen LogP contribution in [0.3, 0.4) is 0 Å². The van der Waals surface area contributed by atoms with Gasteiger partial charge in [0.2, 0.25) is 5.88 Å². The fraction of sp³-hybridized carbons (Fsp3) is 0.467. The number of aromatic hydroxyl groups is 1. The van der Waals surface area contributed by atoms with Crippen molar-refractivity contribution in [2.24, 2.45) is 5.41 Å². The molecule has 0 amide bonds. The fourth-order valence-corrected chi connectivity index (χ4v) is 2.72. The highest BCUT2D eigenvalue weighted by Gasteiger charge is 2.32. The molecule has 1 aliphatic heterocycles. The van der Waals surface area contributed by atoms with E-state index >= 15 is 0 Å². The third kappa shape index (κ3) is 2.23. The van der Waals surface area contributed by atoms with Crippen molar-refractivity contribution in [2.75, 3.05) is 18.0 Å². The summed E-state index contributed by atoms with van der Waals surface area (Å²) in [5.74, 6) is -0.0278. The first-order valence-corrected chi connectivity index (χ1v) is 6.80. The predicted octanol–water partition coefficient (Wildman–Crippen LogP) is 2.96. The lowest BCUT2D eigenvalue weighted by molar-refractivity contribution is 0.355. The van der Waals surface area contributed by atoms with E-state index in [1.54, 1.807) is 0 Å². The summed E-state index contributed by atoms with van der Waals surface area (Å²) < 4.78 is 0. The van der Waals surface area contributed by atoms with Gasteiger partial charge in [0.1, 0.15) is 0 Å².